The Kier molecular flexibility index (Phi) is 5.58. The zero-order chi connectivity index (χ0) is 22.9. The lowest BCUT2D eigenvalue weighted by molar-refractivity contribution is 0.101. The Bertz CT molecular complexity index is 1510. The number of hydrogen-bond acceptors (Lipinski definition) is 3. The molecule has 33 heavy (non-hydrogen) atoms. The zero-order valence-corrected chi connectivity index (χ0v) is 19.1. The highest BCUT2D eigenvalue weighted by molar-refractivity contribution is 6.31. The van der Waals surface area contributed by atoms with Gasteiger partial charge in [0, 0.05) is 21.3 Å². The number of carbonyl (C=O) groups is 1. The van der Waals surface area contributed by atoms with Crippen molar-refractivity contribution in [2.24, 2.45) is 0 Å². The molecule has 5 rings (SSSR count). The van der Waals surface area contributed by atoms with Gasteiger partial charge >= 0.3 is 0 Å². The topological polar surface area (TPSA) is 59.8 Å². The Balaban J connectivity index is 1.55. The van der Waals surface area contributed by atoms with Crippen LogP contribution in [0.5, 0.6) is 0 Å². The van der Waals surface area contributed by atoms with Crippen molar-refractivity contribution in [2.75, 3.05) is 5.32 Å². The van der Waals surface area contributed by atoms with Gasteiger partial charge in [-0.2, -0.15) is 0 Å². The molecule has 0 spiro atoms. The highest BCUT2D eigenvalue weighted by Crippen LogP contribution is 2.27. The summed E-state index contributed by atoms with van der Waals surface area (Å²) in [5.41, 5.74) is 3.03. The number of carbonyl (C=O) groups excluding carboxylic acids is 1. The van der Waals surface area contributed by atoms with Gasteiger partial charge in [-0.15, -0.1) is 5.10 Å². The van der Waals surface area contributed by atoms with Gasteiger partial charge in [-0.25, -0.2) is 9.67 Å². The van der Waals surface area contributed by atoms with Gasteiger partial charge in [0.15, 0.2) is 5.82 Å². The van der Waals surface area contributed by atoms with Crippen LogP contribution in [0.2, 0.25) is 10.0 Å². The molecule has 0 atom stereocenters. The third-order valence-corrected chi connectivity index (χ3v) is 5.94. The molecule has 0 saturated carbocycles. The standard InChI is InChI=1S/C26H18Cl2N4O/c1-16-9-12-22(15-23(16)28)32-25(19-7-4-8-20(27)13-19)30-24(31-32)26(33)29-21-11-10-17-5-2-3-6-18(17)14-21/h2-15H,1H3,(H,29,33). The molecule has 0 saturated heterocycles. The number of fused-ring (bicyclic) bond motifs is 1. The van der Waals surface area contributed by atoms with E-state index >= 15 is 0 Å². The third kappa shape index (κ3) is 4.33. The van der Waals surface area contributed by atoms with Crippen molar-refractivity contribution < 1.29 is 4.79 Å². The number of rotatable bonds is 4. The number of aryl methyl sites for hydroxylation is 1. The number of hydrogen-bond donors (Lipinski definition) is 1. The first-order valence-corrected chi connectivity index (χ1v) is 11.0. The number of aromatic nitrogens is 3. The Morgan fingerprint density at radius 2 is 1.70 bits per heavy atom. The number of nitrogens with one attached hydrogen (secondary N) is 1. The molecular weight excluding hydrogens is 455 g/mol. The molecule has 7 heteroatoms. The first kappa shape index (κ1) is 21.2. The van der Waals surface area contributed by atoms with Gasteiger partial charge in [0.1, 0.15) is 0 Å². The Hall–Kier alpha value is -3.67. The molecule has 162 valence electrons. The second-order valence-electron chi connectivity index (χ2n) is 7.63. The first-order valence-electron chi connectivity index (χ1n) is 10.3. The van der Waals surface area contributed by atoms with Gasteiger partial charge in [-0.3, -0.25) is 4.79 Å². The van der Waals surface area contributed by atoms with Crippen molar-refractivity contribution >= 4 is 45.6 Å². The molecule has 1 amide bonds. The van der Waals surface area contributed by atoms with Gasteiger partial charge in [-0.1, -0.05) is 71.7 Å². The summed E-state index contributed by atoms with van der Waals surface area (Å²) >= 11 is 12.6. The maximum Gasteiger partial charge on any atom is 0.295 e. The fourth-order valence-corrected chi connectivity index (χ4v) is 3.94. The molecule has 1 N–H and O–H groups in total. The van der Waals surface area contributed by atoms with Crippen LogP contribution in [-0.2, 0) is 0 Å². The summed E-state index contributed by atoms with van der Waals surface area (Å²) in [5, 5.41) is 10.7. The predicted molar refractivity (Wildman–Crippen MR) is 133 cm³/mol. The molecule has 0 unspecified atom stereocenters. The molecule has 1 aromatic heterocycles. The molecule has 5 aromatic rings. The van der Waals surface area contributed by atoms with Gasteiger partial charge < -0.3 is 5.32 Å². The van der Waals surface area contributed by atoms with E-state index in [0.29, 0.717) is 27.2 Å². The van der Waals surface area contributed by atoms with Gasteiger partial charge in [0.25, 0.3) is 5.91 Å². The van der Waals surface area contributed by atoms with Crippen molar-refractivity contribution in [2.45, 2.75) is 6.92 Å². The molecule has 1 heterocycles. The molecule has 0 bridgehead atoms. The second-order valence-corrected chi connectivity index (χ2v) is 8.47. The molecule has 4 aromatic carbocycles. The monoisotopic (exact) mass is 472 g/mol. The van der Waals surface area contributed by atoms with E-state index in [1.54, 1.807) is 22.9 Å². The van der Waals surface area contributed by atoms with E-state index in [0.717, 1.165) is 21.9 Å². The van der Waals surface area contributed by atoms with Crippen molar-refractivity contribution in [3.63, 3.8) is 0 Å². The van der Waals surface area contributed by atoms with Crippen LogP contribution in [0.15, 0.2) is 84.9 Å². The Morgan fingerprint density at radius 1 is 0.879 bits per heavy atom. The fraction of sp³-hybridized carbons (Fsp3) is 0.0385. The van der Waals surface area contributed by atoms with Crippen LogP contribution in [0.3, 0.4) is 0 Å². The highest BCUT2D eigenvalue weighted by Gasteiger charge is 2.20. The summed E-state index contributed by atoms with van der Waals surface area (Å²) in [7, 11) is 0. The average molecular weight is 473 g/mol. The number of halogens is 2. The quantitative estimate of drug-likeness (QED) is 0.307. The smallest absolute Gasteiger partial charge is 0.295 e. The summed E-state index contributed by atoms with van der Waals surface area (Å²) in [4.78, 5) is 17.6. The van der Waals surface area contributed by atoms with E-state index in [4.69, 9.17) is 23.2 Å². The van der Waals surface area contributed by atoms with E-state index in [-0.39, 0.29) is 5.82 Å². The molecule has 0 fully saturated rings. The second kappa shape index (κ2) is 8.70. The van der Waals surface area contributed by atoms with Crippen molar-refractivity contribution in [3.05, 3.63) is 106 Å². The van der Waals surface area contributed by atoms with Gasteiger partial charge in [0.2, 0.25) is 5.82 Å². The normalized spacial score (nSPS) is 11.0. The lowest BCUT2D eigenvalue weighted by Crippen LogP contribution is -2.14. The number of amides is 1. The highest BCUT2D eigenvalue weighted by atomic mass is 35.5. The molecule has 0 radical (unpaired) electrons. The van der Waals surface area contributed by atoms with Crippen LogP contribution in [0.25, 0.3) is 27.8 Å². The molecule has 0 aliphatic carbocycles. The molecule has 0 aliphatic rings. The number of nitrogens with zero attached hydrogens (tertiary/aromatic N) is 3. The van der Waals surface area contributed by atoms with Crippen molar-refractivity contribution in [1.82, 2.24) is 14.8 Å². The third-order valence-electron chi connectivity index (χ3n) is 5.30. The molecular formula is C26H18Cl2N4O. The maximum absolute atomic E-state index is 13.1. The van der Waals surface area contributed by atoms with Crippen LogP contribution in [0, 0.1) is 6.92 Å². The Morgan fingerprint density at radius 3 is 2.48 bits per heavy atom. The fourth-order valence-electron chi connectivity index (χ4n) is 3.57. The molecule has 5 nitrogen and oxygen atoms in total. The van der Waals surface area contributed by atoms with Crippen LogP contribution < -0.4 is 5.32 Å². The van der Waals surface area contributed by atoms with Crippen LogP contribution in [0.4, 0.5) is 5.69 Å². The minimum absolute atomic E-state index is 0.0369. The largest absolute Gasteiger partial charge is 0.319 e. The van der Waals surface area contributed by atoms with Crippen molar-refractivity contribution in [1.29, 1.82) is 0 Å². The van der Waals surface area contributed by atoms with E-state index in [1.165, 1.54) is 0 Å². The average Bonchev–Trinajstić information content (AvgIpc) is 3.27. The SMILES string of the molecule is Cc1ccc(-n2nc(C(=O)Nc3ccc4ccccc4c3)nc2-c2cccc(Cl)c2)cc1Cl. The van der Waals surface area contributed by atoms with E-state index in [9.17, 15) is 4.79 Å². The van der Waals surface area contributed by atoms with E-state index < -0.39 is 5.91 Å². The van der Waals surface area contributed by atoms with Crippen LogP contribution >= 0.6 is 23.2 Å². The predicted octanol–water partition coefficient (Wildman–Crippen LogP) is 6.96. The first-order chi connectivity index (χ1) is 16.0. The minimum Gasteiger partial charge on any atom is -0.319 e. The summed E-state index contributed by atoms with van der Waals surface area (Å²) < 4.78 is 1.60. The lowest BCUT2D eigenvalue weighted by atomic mass is 10.1. The van der Waals surface area contributed by atoms with E-state index in [1.807, 2.05) is 73.7 Å². The van der Waals surface area contributed by atoms with Gasteiger partial charge in [0.05, 0.1) is 5.69 Å². The minimum atomic E-state index is -0.412. The maximum atomic E-state index is 13.1. The lowest BCUT2D eigenvalue weighted by Gasteiger charge is -2.08. The summed E-state index contributed by atoms with van der Waals surface area (Å²) in [6.45, 7) is 1.92. The van der Waals surface area contributed by atoms with E-state index in [2.05, 4.69) is 15.4 Å². The zero-order valence-electron chi connectivity index (χ0n) is 17.6. The summed E-state index contributed by atoms with van der Waals surface area (Å²) in [5.74, 6) is 0.112. The van der Waals surface area contributed by atoms with Crippen LogP contribution in [0.1, 0.15) is 16.2 Å². The number of anilines is 1. The molecule has 0 aliphatic heterocycles. The Labute approximate surface area is 200 Å². The van der Waals surface area contributed by atoms with Gasteiger partial charge in [-0.05, 0) is 59.7 Å². The van der Waals surface area contributed by atoms with Crippen LogP contribution in [-0.4, -0.2) is 20.7 Å². The number of benzene rings is 4. The van der Waals surface area contributed by atoms with Crippen molar-refractivity contribution in [3.8, 4) is 17.1 Å². The summed E-state index contributed by atoms with van der Waals surface area (Å²) in [6, 6.07) is 26.5. The summed E-state index contributed by atoms with van der Waals surface area (Å²) in [6.07, 6.45) is 0.